The minimum Gasteiger partial charge on any atom is -0.382 e. The molecule has 0 aliphatic rings. The monoisotopic (exact) mass is 234 g/mol. The number of nitrogens with one attached hydrogen (secondary N) is 1. The van der Waals surface area contributed by atoms with E-state index >= 15 is 0 Å². The molecule has 0 unspecified atom stereocenters. The molecule has 0 spiro atoms. The number of hydrogen-bond donors (Lipinski definition) is 2. The molecule has 16 heavy (non-hydrogen) atoms. The molecule has 0 amide bonds. The number of nitrogen functional groups attached to an aromatic ring is 1. The Kier molecular flexibility index (Phi) is 2.86. The van der Waals surface area contributed by atoms with Crippen LogP contribution in [0.4, 0.5) is 0 Å². The van der Waals surface area contributed by atoms with Gasteiger partial charge in [-0.1, -0.05) is 0 Å². The lowest BCUT2D eigenvalue weighted by Gasteiger charge is -2.02. The predicted molar refractivity (Wildman–Crippen MR) is 60.4 cm³/mol. The highest BCUT2D eigenvalue weighted by Crippen LogP contribution is 2.24. The molecule has 7 heteroatoms. The van der Waals surface area contributed by atoms with Crippen molar-refractivity contribution in [2.45, 2.75) is 10.1 Å². The zero-order valence-electron chi connectivity index (χ0n) is 8.58. The first-order valence-electron chi connectivity index (χ1n) is 4.49. The van der Waals surface area contributed by atoms with Gasteiger partial charge >= 0.3 is 0 Å². The average Bonchev–Trinajstić information content (AvgIpc) is 2.65. The van der Waals surface area contributed by atoms with Crippen LogP contribution in [0.1, 0.15) is 5.69 Å². The van der Waals surface area contributed by atoms with E-state index in [0.29, 0.717) is 5.69 Å². The first-order chi connectivity index (χ1) is 7.66. The fourth-order valence-electron chi connectivity index (χ4n) is 1.09. The van der Waals surface area contributed by atoms with Crippen LogP contribution in [-0.2, 0) is 7.05 Å². The van der Waals surface area contributed by atoms with Crippen molar-refractivity contribution in [3.8, 4) is 0 Å². The van der Waals surface area contributed by atoms with Gasteiger partial charge in [-0.2, -0.15) is 0 Å². The van der Waals surface area contributed by atoms with Crippen molar-refractivity contribution in [1.82, 2.24) is 19.7 Å². The van der Waals surface area contributed by atoms with Gasteiger partial charge in [0, 0.05) is 18.1 Å². The van der Waals surface area contributed by atoms with Crippen molar-refractivity contribution in [2.75, 3.05) is 0 Å². The summed E-state index contributed by atoms with van der Waals surface area (Å²) in [6.45, 7) is 0. The average molecular weight is 234 g/mol. The first kappa shape index (κ1) is 10.6. The molecule has 0 atom stereocenters. The Morgan fingerprint density at radius 3 is 3.00 bits per heavy atom. The largest absolute Gasteiger partial charge is 0.382 e. The topological polar surface area (TPSA) is 93.5 Å². The Labute approximate surface area is 96.4 Å². The number of aryl methyl sites for hydroxylation is 1. The third-order valence-electron chi connectivity index (χ3n) is 1.89. The van der Waals surface area contributed by atoms with Crippen LogP contribution in [0, 0.1) is 5.41 Å². The lowest BCUT2D eigenvalue weighted by Crippen LogP contribution is -2.12. The second-order valence-corrected chi connectivity index (χ2v) is 4.16. The molecule has 2 aromatic rings. The summed E-state index contributed by atoms with van der Waals surface area (Å²) in [4.78, 5) is 4.91. The van der Waals surface area contributed by atoms with Gasteiger partial charge in [0.05, 0.1) is 0 Å². The van der Waals surface area contributed by atoms with E-state index < -0.39 is 0 Å². The summed E-state index contributed by atoms with van der Waals surface area (Å²) in [6.07, 6.45) is 3.25. The summed E-state index contributed by atoms with van der Waals surface area (Å²) < 4.78 is 1.82. The van der Waals surface area contributed by atoms with E-state index in [1.165, 1.54) is 11.8 Å². The molecule has 0 fully saturated rings. The summed E-state index contributed by atoms with van der Waals surface area (Å²) in [5.41, 5.74) is 5.83. The number of nitrogens with zero attached hydrogens (tertiary/aromatic N) is 4. The third-order valence-corrected chi connectivity index (χ3v) is 2.93. The van der Waals surface area contributed by atoms with Crippen molar-refractivity contribution in [3.05, 3.63) is 30.4 Å². The molecule has 0 aliphatic carbocycles. The Bertz CT molecular complexity index is 520. The highest BCUT2D eigenvalue weighted by Gasteiger charge is 2.05. The van der Waals surface area contributed by atoms with E-state index in [1.54, 1.807) is 18.6 Å². The molecule has 0 aliphatic heterocycles. The van der Waals surface area contributed by atoms with Crippen LogP contribution in [0.3, 0.4) is 0 Å². The lowest BCUT2D eigenvalue weighted by atomic mass is 10.3. The van der Waals surface area contributed by atoms with Gasteiger partial charge < -0.3 is 10.3 Å². The van der Waals surface area contributed by atoms with Gasteiger partial charge in [0.2, 0.25) is 0 Å². The second kappa shape index (κ2) is 4.31. The highest BCUT2D eigenvalue weighted by molar-refractivity contribution is 7.99. The zero-order chi connectivity index (χ0) is 11.5. The summed E-state index contributed by atoms with van der Waals surface area (Å²) in [7, 11) is 1.87. The van der Waals surface area contributed by atoms with Gasteiger partial charge in [0.1, 0.15) is 17.9 Å². The van der Waals surface area contributed by atoms with Crippen molar-refractivity contribution in [1.29, 1.82) is 5.41 Å². The Morgan fingerprint density at radius 2 is 2.38 bits per heavy atom. The number of nitrogens with two attached hydrogens (primary N) is 1. The number of rotatable bonds is 3. The summed E-state index contributed by atoms with van der Waals surface area (Å²) in [5, 5.41) is 15.8. The lowest BCUT2D eigenvalue weighted by molar-refractivity contribution is 0.788. The molecule has 82 valence electrons. The summed E-state index contributed by atoms with van der Waals surface area (Å²) >= 11 is 1.45. The van der Waals surface area contributed by atoms with Crippen LogP contribution >= 0.6 is 11.8 Å². The minimum atomic E-state index is -0.0413. The third kappa shape index (κ3) is 2.19. The van der Waals surface area contributed by atoms with Crippen molar-refractivity contribution in [3.63, 3.8) is 0 Å². The van der Waals surface area contributed by atoms with Crippen LogP contribution in [-0.4, -0.2) is 25.6 Å². The van der Waals surface area contributed by atoms with Gasteiger partial charge in [0.15, 0.2) is 5.16 Å². The zero-order valence-corrected chi connectivity index (χ0v) is 9.40. The van der Waals surface area contributed by atoms with Gasteiger partial charge in [-0.3, -0.25) is 10.4 Å². The summed E-state index contributed by atoms with van der Waals surface area (Å²) in [5.74, 6) is -0.0413. The van der Waals surface area contributed by atoms with E-state index in [0.717, 1.165) is 10.1 Å². The van der Waals surface area contributed by atoms with Crippen LogP contribution in [0.25, 0.3) is 0 Å². The maximum Gasteiger partial charge on any atom is 0.195 e. The molecular weight excluding hydrogens is 224 g/mol. The second-order valence-electron chi connectivity index (χ2n) is 3.12. The van der Waals surface area contributed by atoms with Crippen LogP contribution in [0.5, 0.6) is 0 Å². The number of pyridine rings is 1. The van der Waals surface area contributed by atoms with Crippen LogP contribution in [0.2, 0.25) is 0 Å². The first-order valence-corrected chi connectivity index (χ1v) is 5.31. The molecule has 0 aromatic carbocycles. The smallest absolute Gasteiger partial charge is 0.195 e. The minimum absolute atomic E-state index is 0.0413. The SMILES string of the molecule is Cn1cnnc1Sc1ccnc(C(=N)N)c1. The molecule has 2 rings (SSSR count). The van der Waals surface area contributed by atoms with E-state index in [-0.39, 0.29) is 5.84 Å². The highest BCUT2D eigenvalue weighted by atomic mass is 32.2. The predicted octanol–water partition coefficient (Wildman–Crippen LogP) is 0.645. The molecule has 0 saturated carbocycles. The van der Waals surface area contributed by atoms with Crippen molar-refractivity contribution >= 4 is 17.6 Å². The quantitative estimate of drug-likeness (QED) is 0.600. The maximum atomic E-state index is 7.30. The Hall–Kier alpha value is -1.89. The summed E-state index contributed by atoms with van der Waals surface area (Å²) in [6, 6.07) is 3.59. The van der Waals surface area contributed by atoms with Gasteiger partial charge in [-0.05, 0) is 23.9 Å². The molecule has 6 nitrogen and oxygen atoms in total. The number of aromatic nitrogens is 4. The van der Waals surface area contributed by atoms with Crippen molar-refractivity contribution in [2.24, 2.45) is 12.8 Å². The van der Waals surface area contributed by atoms with E-state index in [1.807, 2.05) is 17.7 Å². The fourth-order valence-corrected chi connectivity index (χ4v) is 1.88. The Morgan fingerprint density at radius 1 is 1.56 bits per heavy atom. The fraction of sp³-hybridized carbons (Fsp3) is 0.111. The number of amidine groups is 1. The van der Waals surface area contributed by atoms with Crippen molar-refractivity contribution < 1.29 is 0 Å². The molecule has 0 saturated heterocycles. The molecular formula is C9H10N6S. The molecule has 2 heterocycles. The molecule has 0 radical (unpaired) electrons. The Balaban J connectivity index is 2.25. The molecule has 3 N–H and O–H groups in total. The van der Waals surface area contributed by atoms with E-state index in [4.69, 9.17) is 11.1 Å². The van der Waals surface area contributed by atoms with Crippen LogP contribution < -0.4 is 5.73 Å². The standard InChI is InChI=1S/C9H10N6S/c1-15-5-13-14-9(15)16-6-2-3-12-7(4-6)8(10)11/h2-5H,1H3,(H3,10,11). The van der Waals surface area contributed by atoms with Gasteiger partial charge in [0.25, 0.3) is 0 Å². The van der Waals surface area contributed by atoms with E-state index in [9.17, 15) is 0 Å². The van der Waals surface area contributed by atoms with Gasteiger partial charge in [-0.15, -0.1) is 10.2 Å². The molecule has 0 bridgehead atoms. The van der Waals surface area contributed by atoms with E-state index in [2.05, 4.69) is 15.2 Å². The number of hydrogen-bond acceptors (Lipinski definition) is 5. The normalized spacial score (nSPS) is 10.3. The van der Waals surface area contributed by atoms with Crippen LogP contribution in [0.15, 0.2) is 34.7 Å². The molecule has 2 aromatic heterocycles. The maximum absolute atomic E-state index is 7.30. The van der Waals surface area contributed by atoms with Gasteiger partial charge in [-0.25, -0.2) is 0 Å².